The summed E-state index contributed by atoms with van der Waals surface area (Å²) in [6.45, 7) is 9.62. The van der Waals surface area contributed by atoms with E-state index in [1.54, 1.807) is 11.4 Å². The van der Waals surface area contributed by atoms with E-state index in [1.807, 2.05) is 33.0 Å². The van der Waals surface area contributed by atoms with Crippen molar-refractivity contribution in [1.29, 1.82) is 0 Å². The number of nitrogens with zero attached hydrogens (tertiary/aromatic N) is 1. The van der Waals surface area contributed by atoms with E-state index in [9.17, 15) is 49.5 Å². The lowest BCUT2D eigenvalue weighted by Crippen LogP contribution is -2.35. The Morgan fingerprint density at radius 1 is 0.980 bits per heavy atom. The van der Waals surface area contributed by atoms with Crippen molar-refractivity contribution in [2.75, 3.05) is 19.0 Å². The second-order valence-corrected chi connectivity index (χ2v) is 10.3. The fraction of sp³-hybridized carbons (Fsp3) is 0.424. The highest BCUT2D eigenvalue weighted by atomic mass is 19.4. The SMILES string of the molecule is CC.CCC(Nc1cc(F)c(C(=O)NCC(=O)O)c(F)c1)C(F)(F)F.CCc1c(C)ccc(-c2c(C(F)(F)F)cc(C)n(C)c2=O)c1OC. The molecule has 16 heteroatoms. The number of methoxy groups -OCH3 is 1. The molecule has 3 aromatic rings. The molecule has 1 atom stereocenters. The van der Waals surface area contributed by atoms with Gasteiger partial charge in [-0.3, -0.25) is 14.4 Å². The van der Waals surface area contributed by atoms with E-state index in [0.717, 1.165) is 17.2 Å². The minimum atomic E-state index is -4.63. The first-order valence-electron chi connectivity index (χ1n) is 15.0. The number of amides is 1. The number of hydrogen-bond donors (Lipinski definition) is 3. The molecule has 0 bridgehead atoms. The summed E-state index contributed by atoms with van der Waals surface area (Å²) in [6, 6.07) is 3.31. The van der Waals surface area contributed by atoms with E-state index < -0.39 is 70.8 Å². The van der Waals surface area contributed by atoms with Crippen molar-refractivity contribution in [1.82, 2.24) is 9.88 Å². The highest BCUT2D eigenvalue weighted by Gasteiger charge is 2.39. The number of halogens is 8. The highest BCUT2D eigenvalue weighted by molar-refractivity contribution is 5.96. The summed E-state index contributed by atoms with van der Waals surface area (Å²) in [7, 11) is 2.87. The summed E-state index contributed by atoms with van der Waals surface area (Å²) in [4.78, 5) is 34.4. The lowest BCUT2D eigenvalue weighted by Gasteiger charge is -2.21. The molecule has 0 spiro atoms. The third-order valence-corrected chi connectivity index (χ3v) is 7.11. The quantitative estimate of drug-likeness (QED) is 0.196. The molecule has 1 amide bonds. The number of carbonyl (C=O) groups excluding carboxylic acids is 1. The first-order chi connectivity index (χ1) is 22.7. The summed E-state index contributed by atoms with van der Waals surface area (Å²) in [5.41, 5.74) is -1.43. The van der Waals surface area contributed by atoms with E-state index in [0.29, 0.717) is 24.3 Å². The molecule has 2 aromatic carbocycles. The van der Waals surface area contributed by atoms with Crippen LogP contribution in [0.2, 0.25) is 0 Å². The predicted molar refractivity (Wildman–Crippen MR) is 169 cm³/mol. The average Bonchev–Trinajstić information content (AvgIpc) is 3.01. The van der Waals surface area contributed by atoms with Crippen LogP contribution in [-0.4, -0.2) is 47.4 Å². The number of alkyl halides is 6. The van der Waals surface area contributed by atoms with Crippen molar-refractivity contribution < 1.29 is 54.6 Å². The minimum absolute atomic E-state index is 0.174. The molecule has 0 saturated heterocycles. The third kappa shape index (κ3) is 10.7. The zero-order chi connectivity index (χ0) is 38.0. The first kappa shape index (κ1) is 42.4. The van der Waals surface area contributed by atoms with Gasteiger partial charge < -0.3 is 25.0 Å². The Kier molecular flexibility index (Phi) is 15.3. The zero-order valence-corrected chi connectivity index (χ0v) is 28.1. The van der Waals surface area contributed by atoms with E-state index >= 15 is 0 Å². The summed E-state index contributed by atoms with van der Waals surface area (Å²) in [6.07, 6.45) is -9.01. The monoisotopic (exact) mass is 709 g/mol. The van der Waals surface area contributed by atoms with Crippen LogP contribution in [0.1, 0.15) is 66.9 Å². The van der Waals surface area contributed by atoms with E-state index in [1.165, 1.54) is 38.6 Å². The molecule has 0 saturated carbocycles. The second-order valence-electron chi connectivity index (χ2n) is 10.3. The first-order valence-corrected chi connectivity index (χ1v) is 15.0. The molecule has 3 rings (SSSR count). The largest absolute Gasteiger partial charge is 0.496 e. The molecule has 0 aliphatic carbocycles. The van der Waals surface area contributed by atoms with Crippen LogP contribution in [0.4, 0.5) is 40.8 Å². The van der Waals surface area contributed by atoms with Crippen LogP contribution >= 0.6 is 0 Å². The highest BCUT2D eigenvalue weighted by Crippen LogP contribution is 2.41. The Morgan fingerprint density at radius 3 is 1.96 bits per heavy atom. The Hall–Kier alpha value is -4.63. The van der Waals surface area contributed by atoms with Crippen LogP contribution < -0.4 is 20.9 Å². The molecule has 0 aliphatic rings. The molecule has 0 radical (unpaired) electrons. The van der Waals surface area contributed by atoms with E-state index in [-0.39, 0.29) is 23.2 Å². The summed E-state index contributed by atoms with van der Waals surface area (Å²) >= 11 is 0. The van der Waals surface area contributed by atoms with Gasteiger partial charge in [0.05, 0.1) is 18.2 Å². The topological polar surface area (TPSA) is 110 Å². The Morgan fingerprint density at radius 2 is 1.53 bits per heavy atom. The van der Waals surface area contributed by atoms with Gasteiger partial charge >= 0.3 is 18.3 Å². The van der Waals surface area contributed by atoms with Crippen molar-refractivity contribution in [3.05, 3.63) is 80.3 Å². The third-order valence-electron chi connectivity index (χ3n) is 7.11. The van der Waals surface area contributed by atoms with Crippen LogP contribution in [0.15, 0.2) is 35.1 Å². The zero-order valence-electron chi connectivity index (χ0n) is 28.1. The molecule has 0 aliphatic heterocycles. The Balaban J connectivity index is 0.000000467. The molecule has 1 heterocycles. The van der Waals surface area contributed by atoms with Crippen LogP contribution in [0, 0.1) is 25.5 Å². The van der Waals surface area contributed by atoms with Crippen molar-refractivity contribution in [3.8, 4) is 16.9 Å². The van der Waals surface area contributed by atoms with Crippen LogP contribution in [-0.2, 0) is 24.4 Å². The summed E-state index contributed by atoms with van der Waals surface area (Å²) in [5.74, 6) is -5.24. The maximum Gasteiger partial charge on any atom is 0.417 e. The lowest BCUT2D eigenvalue weighted by molar-refractivity contribution is -0.143. The van der Waals surface area contributed by atoms with Crippen molar-refractivity contribution in [3.63, 3.8) is 0 Å². The summed E-state index contributed by atoms with van der Waals surface area (Å²) in [5, 5.41) is 12.1. The predicted octanol–water partition coefficient (Wildman–Crippen LogP) is 7.82. The van der Waals surface area contributed by atoms with Gasteiger partial charge in [-0.25, -0.2) is 8.78 Å². The number of nitrogens with one attached hydrogen (secondary N) is 2. The number of benzene rings is 2. The average molecular weight is 710 g/mol. The van der Waals surface area contributed by atoms with Gasteiger partial charge in [0, 0.05) is 24.0 Å². The molecule has 8 nitrogen and oxygen atoms in total. The van der Waals surface area contributed by atoms with Gasteiger partial charge in [-0.1, -0.05) is 39.8 Å². The summed E-state index contributed by atoms with van der Waals surface area (Å²) < 4.78 is 113. The van der Waals surface area contributed by atoms with Gasteiger partial charge in [-0.05, 0) is 56.0 Å². The van der Waals surface area contributed by atoms with E-state index in [4.69, 9.17) is 9.84 Å². The Labute approximate surface area is 278 Å². The van der Waals surface area contributed by atoms with Crippen LogP contribution in [0.5, 0.6) is 5.75 Å². The number of anilines is 1. The number of carboxylic acid groups (broad SMARTS) is 1. The standard InChI is InChI=1S/C18H20F3NO2.C13H13F5N2O3.C2H6/c1-6-12-10(2)7-8-13(16(12)24-5)15-14(18(19,20)21)9-11(3)22(4)17(15)23;1-2-9(13(16,17)18)20-6-3-7(14)11(8(15)4-6)12(23)19-5-10(21)22;1-2/h7-9H,6H2,1-5H3;3-4,9,20H,2,5H2,1H3,(H,19,23)(H,21,22);1-2H3. The fourth-order valence-corrected chi connectivity index (χ4v) is 4.63. The fourth-order valence-electron chi connectivity index (χ4n) is 4.63. The Bertz CT molecular complexity index is 1660. The van der Waals surface area contributed by atoms with E-state index in [2.05, 4.69) is 0 Å². The van der Waals surface area contributed by atoms with Crippen molar-refractivity contribution in [2.45, 2.75) is 72.8 Å². The molecule has 1 unspecified atom stereocenters. The molecule has 272 valence electrons. The van der Waals surface area contributed by atoms with Gasteiger partial charge in [-0.2, -0.15) is 26.3 Å². The number of aliphatic carboxylic acids is 1. The second kappa shape index (κ2) is 17.7. The number of hydrogen-bond acceptors (Lipinski definition) is 5. The molecule has 3 N–H and O–H groups in total. The molecule has 1 aromatic heterocycles. The van der Waals surface area contributed by atoms with Crippen LogP contribution in [0.3, 0.4) is 0 Å². The number of aromatic nitrogens is 1. The number of carbonyl (C=O) groups is 2. The van der Waals surface area contributed by atoms with Crippen LogP contribution in [0.25, 0.3) is 11.1 Å². The number of carboxylic acids is 1. The number of rotatable bonds is 9. The van der Waals surface area contributed by atoms with Gasteiger partial charge in [-0.15, -0.1) is 0 Å². The number of ether oxygens (including phenoxy) is 1. The lowest BCUT2D eigenvalue weighted by atomic mass is 9.94. The number of aryl methyl sites for hydroxylation is 2. The van der Waals surface area contributed by atoms with Gasteiger partial charge in [0.1, 0.15) is 35.5 Å². The maximum absolute atomic E-state index is 13.8. The molecular formula is C33H39F8N3O5. The number of pyridine rings is 1. The van der Waals surface area contributed by atoms with Gasteiger partial charge in [0.25, 0.3) is 11.5 Å². The van der Waals surface area contributed by atoms with Crippen molar-refractivity contribution in [2.24, 2.45) is 7.05 Å². The normalized spacial score (nSPS) is 11.8. The molecule has 0 fully saturated rings. The molecule has 49 heavy (non-hydrogen) atoms. The van der Waals surface area contributed by atoms with Gasteiger partial charge in [0.15, 0.2) is 0 Å². The minimum Gasteiger partial charge on any atom is -0.496 e. The smallest absolute Gasteiger partial charge is 0.417 e. The van der Waals surface area contributed by atoms with Crippen molar-refractivity contribution >= 4 is 17.6 Å². The van der Waals surface area contributed by atoms with Gasteiger partial charge in [0.2, 0.25) is 0 Å². The molecular weight excluding hydrogens is 670 g/mol. The maximum atomic E-state index is 13.8.